The first-order chi connectivity index (χ1) is 23.2. The number of anilines is 1. The minimum Gasteiger partial charge on any atom is -0.481 e. The van der Waals surface area contributed by atoms with Crippen molar-refractivity contribution in [3.05, 3.63) is 59.7 Å². The van der Waals surface area contributed by atoms with Gasteiger partial charge in [0.25, 0.3) is 0 Å². The fraction of sp³-hybridized carbons (Fsp3) is 0.559. The zero-order chi connectivity index (χ0) is 35.5. The second-order valence-corrected chi connectivity index (χ2v) is 13.1. The van der Waals surface area contributed by atoms with Crippen LogP contribution in [0.5, 0.6) is 0 Å². The summed E-state index contributed by atoms with van der Waals surface area (Å²) in [6, 6.07) is 0.685. The summed E-state index contributed by atoms with van der Waals surface area (Å²) in [4.78, 5) is 37.8. The number of piperidine rings is 1. The average molecular weight is 695 g/mol. The Morgan fingerprint density at radius 3 is 1.92 bits per heavy atom. The van der Waals surface area contributed by atoms with Gasteiger partial charge in [0.15, 0.2) is 0 Å². The summed E-state index contributed by atoms with van der Waals surface area (Å²) < 4.78 is 82.8. The number of hydrogen-bond donors (Lipinski definition) is 2. The number of H-pyrrole nitrogens is 1. The van der Waals surface area contributed by atoms with E-state index in [-0.39, 0.29) is 60.4 Å². The van der Waals surface area contributed by atoms with Gasteiger partial charge in [0.1, 0.15) is 0 Å². The summed E-state index contributed by atoms with van der Waals surface area (Å²) >= 11 is 0. The van der Waals surface area contributed by atoms with Gasteiger partial charge in [-0.05, 0) is 81.0 Å². The molecule has 9 nitrogen and oxygen atoms in total. The van der Waals surface area contributed by atoms with Crippen molar-refractivity contribution in [3.63, 3.8) is 0 Å². The minimum absolute atomic E-state index is 0.0193. The SMILES string of the molecule is CC[C@@H]1CC(N(Cc2cc(C(F)(F)F)cc(C(F)(F)F)c2)c2ncc(-c3cn[nH]c3)cn2)C[C@H](CC)N1C(=O)[C@H]1CC[C@H](CC(=O)O)CC1. The highest BCUT2D eigenvalue weighted by Gasteiger charge is 2.43. The molecule has 3 aromatic rings. The van der Waals surface area contributed by atoms with E-state index in [4.69, 9.17) is 0 Å². The zero-order valence-electron chi connectivity index (χ0n) is 27.3. The normalized spacial score (nSPS) is 23.3. The van der Waals surface area contributed by atoms with Crippen molar-refractivity contribution in [1.82, 2.24) is 25.1 Å². The number of aromatic nitrogens is 4. The molecule has 0 bridgehead atoms. The van der Waals surface area contributed by atoms with E-state index < -0.39 is 35.5 Å². The maximum Gasteiger partial charge on any atom is 0.416 e. The Labute approximate surface area is 280 Å². The van der Waals surface area contributed by atoms with Crippen LogP contribution < -0.4 is 4.90 Å². The molecule has 1 amide bonds. The maximum absolute atomic E-state index is 14.0. The largest absolute Gasteiger partial charge is 0.481 e. The smallest absolute Gasteiger partial charge is 0.416 e. The van der Waals surface area contributed by atoms with Crippen LogP contribution in [0.15, 0.2) is 43.0 Å². The number of rotatable bonds is 10. The van der Waals surface area contributed by atoms with Gasteiger partial charge in [0.05, 0.1) is 17.3 Å². The molecule has 3 heterocycles. The molecule has 49 heavy (non-hydrogen) atoms. The van der Waals surface area contributed by atoms with E-state index in [0.717, 1.165) is 12.1 Å². The molecule has 5 rings (SSSR count). The number of likely N-dealkylation sites (tertiary alicyclic amines) is 1. The van der Waals surface area contributed by atoms with Crippen LogP contribution in [-0.4, -0.2) is 60.2 Å². The number of carbonyl (C=O) groups excluding carboxylic acids is 1. The Morgan fingerprint density at radius 2 is 1.45 bits per heavy atom. The number of hydrogen-bond acceptors (Lipinski definition) is 6. The van der Waals surface area contributed by atoms with Crippen LogP contribution >= 0.6 is 0 Å². The van der Waals surface area contributed by atoms with Crippen molar-refractivity contribution in [2.45, 2.75) is 109 Å². The van der Waals surface area contributed by atoms with E-state index >= 15 is 0 Å². The molecule has 2 N–H and O–H groups in total. The summed E-state index contributed by atoms with van der Waals surface area (Å²) in [5.41, 5.74) is -1.67. The van der Waals surface area contributed by atoms with E-state index in [0.29, 0.717) is 62.5 Å². The van der Waals surface area contributed by atoms with Crippen molar-refractivity contribution < 1.29 is 41.0 Å². The van der Waals surface area contributed by atoms with Gasteiger partial charge in [-0.1, -0.05) is 13.8 Å². The molecular weight excluding hydrogens is 654 g/mol. The van der Waals surface area contributed by atoms with Crippen molar-refractivity contribution in [2.24, 2.45) is 11.8 Å². The van der Waals surface area contributed by atoms with Crippen molar-refractivity contribution in [3.8, 4) is 11.1 Å². The number of amides is 1. The monoisotopic (exact) mass is 694 g/mol. The molecule has 2 aromatic heterocycles. The third kappa shape index (κ3) is 8.53. The lowest BCUT2D eigenvalue weighted by Gasteiger charge is -2.49. The number of nitrogens with zero attached hydrogens (tertiary/aromatic N) is 5. The van der Waals surface area contributed by atoms with Gasteiger partial charge in [0, 0.05) is 66.7 Å². The molecule has 0 radical (unpaired) electrons. The first-order valence-corrected chi connectivity index (χ1v) is 16.6. The number of benzene rings is 1. The highest BCUT2D eigenvalue weighted by atomic mass is 19.4. The molecule has 1 unspecified atom stereocenters. The first-order valence-electron chi connectivity index (χ1n) is 16.6. The molecule has 2 fully saturated rings. The Balaban J connectivity index is 1.46. The van der Waals surface area contributed by atoms with E-state index in [1.165, 1.54) is 12.4 Å². The summed E-state index contributed by atoms with van der Waals surface area (Å²) in [5.74, 6) is -0.877. The Hall–Kier alpha value is -4.17. The summed E-state index contributed by atoms with van der Waals surface area (Å²) in [7, 11) is 0. The molecule has 3 atom stereocenters. The lowest BCUT2D eigenvalue weighted by Crippen LogP contribution is -2.58. The minimum atomic E-state index is -5.00. The van der Waals surface area contributed by atoms with Crippen LogP contribution in [0.1, 0.15) is 88.3 Å². The molecule has 1 saturated heterocycles. The quantitative estimate of drug-likeness (QED) is 0.209. The molecule has 1 aliphatic heterocycles. The standard InChI is InChI=1S/C34H40F6N6O3/c1-3-27-13-29(14-28(4-2)46(27)31(49)22-7-5-20(6-8-22)11-30(47)48)45(32-41-15-23(16-42-32)24-17-43-44-18-24)19-21-9-25(33(35,36)37)12-26(10-21)34(38,39)40/h9-10,12,15-18,20,22,27-29H,3-8,11,13-14,19H2,1-2H3,(H,43,44)(H,47,48)/t20-,22-,27-,28+,29?. The number of aliphatic carboxylic acids is 1. The summed E-state index contributed by atoms with van der Waals surface area (Å²) in [5, 5.41) is 15.8. The number of carboxylic acids is 1. The lowest BCUT2D eigenvalue weighted by atomic mass is 9.78. The predicted octanol–water partition coefficient (Wildman–Crippen LogP) is 7.74. The second-order valence-electron chi connectivity index (χ2n) is 13.1. The van der Waals surface area contributed by atoms with Crippen LogP contribution in [0.25, 0.3) is 11.1 Å². The van der Waals surface area contributed by atoms with E-state index in [1.807, 2.05) is 18.7 Å². The van der Waals surface area contributed by atoms with Gasteiger partial charge >= 0.3 is 18.3 Å². The molecule has 2 aliphatic rings. The van der Waals surface area contributed by atoms with E-state index in [2.05, 4.69) is 20.2 Å². The number of aromatic amines is 1. The van der Waals surface area contributed by atoms with Gasteiger partial charge < -0.3 is 14.9 Å². The summed E-state index contributed by atoms with van der Waals surface area (Å²) in [6.45, 7) is 3.58. The van der Waals surface area contributed by atoms with Crippen LogP contribution in [0.3, 0.4) is 0 Å². The number of carboxylic acid groups (broad SMARTS) is 1. The summed E-state index contributed by atoms with van der Waals surface area (Å²) in [6.07, 6.45) is 0.858. The average Bonchev–Trinajstić information content (AvgIpc) is 3.61. The number of nitrogens with one attached hydrogen (secondary N) is 1. The van der Waals surface area contributed by atoms with Crippen molar-refractivity contribution >= 4 is 17.8 Å². The lowest BCUT2D eigenvalue weighted by molar-refractivity contribution is -0.145. The highest BCUT2D eigenvalue weighted by Crippen LogP contribution is 2.40. The molecule has 1 saturated carbocycles. The van der Waals surface area contributed by atoms with Crippen LogP contribution in [0, 0.1) is 11.8 Å². The zero-order valence-corrected chi connectivity index (χ0v) is 27.3. The maximum atomic E-state index is 14.0. The van der Waals surface area contributed by atoms with E-state index in [1.54, 1.807) is 17.3 Å². The third-order valence-electron chi connectivity index (χ3n) is 9.90. The third-order valence-corrected chi connectivity index (χ3v) is 9.90. The Bertz CT molecular complexity index is 1530. The van der Waals surface area contributed by atoms with Gasteiger partial charge in [0.2, 0.25) is 11.9 Å². The molecule has 15 heteroatoms. The molecule has 266 valence electrons. The predicted molar refractivity (Wildman–Crippen MR) is 168 cm³/mol. The molecule has 1 aromatic carbocycles. The fourth-order valence-electron chi connectivity index (χ4n) is 7.36. The van der Waals surface area contributed by atoms with Crippen molar-refractivity contribution in [1.29, 1.82) is 0 Å². The van der Waals surface area contributed by atoms with Gasteiger partial charge in [-0.2, -0.15) is 31.4 Å². The Kier molecular flexibility index (Phi) is 10.9. The van der Waals surface area contributed by atoms with Gasteiger partial charge in [-0.3, -0.25) is 14.7 Å². The molecule has 1 aliphatic carbocycles. The molecular formula is C34H40F6N6O3. The van der Waals surface area contributed by atoms with Gasteiger partial charge in [-0.15, -0.1) is 0 Å². The number of halogens is 6. The highest BCUT2D eigenvalue weighted by molar-refractivity contribution is 5.80. The first kappa shape index (κ1) is 36.1. The van der Waals surface area contributed by atoms with Crippen LogP contribution in [0.4, 0.5) is 32.3 Å². The van der Waals surface area contributed by atoms with Crippen LogP contribution in [-0.2, 0) is 28.5 Å². The number of alkyl halides is 6. The van der Waals surface area contributed by atoms with Crippen LogP contribution in [0.2, 0.25) is 0 Å². The fourth-order valence-corrected chi connectivity index (χ4v) is 7.36. The Morgan fingerprint density at radius 1 is 0.878 bits per heavy atom. The number of carbonyl (C=O) groups is 2. The van der Waals surface area contributed by atoms with Gasteiger partial charge in [-0.25, -0.2) is 9.97 Å². The van der Waals surface area contributed by atoms with E-state index in [9.17, 15) is 41.0 Å². The topological polar surface area (TPSA) is 115 Å². The second kappa shape index (κ2) is 14.8. The molecule has 0 spiro atoms. The van der Waals surface area contributed by atoms with Crippen molar-refractivity contribution in [2.75, 3.05) is 4.90 Å².